The van der Waals surface area contributed by atoms with E-state index in [1.165, 1.54) is 12.8 Å². The number of amides is 1. The van der Waals surface area contributed by atoms with Gasteiger partial charge in [-0.2, -0.15) is 4.98 Å². The Morgan fingerprint density at radius 3 is 2.53 bits per heavy atom. The van der Waals surface area contributed by atoms with Crippen LogP contribution in [0.15, 0.2) is 28.7 Å². The fourth-order valence-corrected chi connectivity index (χ4v) is 5.55. The first-order valence-electron chi connectivity index (χ1n) is 11.8. The fourth-order valence-electron chi connectivity index (χ4n) is 5.55. The van der Waals surface area contributed by atoms with Crippen molar-refractivity contribution in [3.05, 3.63) is 24.3 Å². The Hall–Kier alpha value is -2.08. The molecule has 3 saturated heterocycles. The molecule has 2 aromatic rings. The number of hydrogen-bond acceptors (Lipinski definition) is 5. The van der Waals surface area contributed by atoms with Crippen LogP contribution in [0.4, 0.5) is 6.01 Å². The van der Waals surface area contributed by atoms with E-state index < -0.39 is 0 Å². The number of likely N-dealkylation sites (tertiary alicyclic amines) is 1. The van der Waals surface area contributed by atoms with Crippen LogP contribution in [0.1, 0.15) is 51.4 Å². The standard InChI is InChI=1S/C24H33N3O3/c28-23(19-11-16-29-17-12-19)27-13-5-1-2-7-21(27)18-9-14-26(15-10-18)24-25-20-6-3-4-8-22(20)30-24/h3-4,6,8,18-19,21H,1-2,5,7,9-17H2. The van der Waals surface area contributed by atoms with Crippen LogP contribution in [-0.4, -0.2) is 54.7 Å². The van der Waals surface area contributed by atoms with E-state index in [9.17, 15) is 4.79 Å². The molecule has 0 aliphatic carbocycles. The van der Waals surface area contributed by atoms with Crippen LogP contribution < -0.4 is 4.90 Å². The van der Waals surface area contributed by atoms with Gasteiger partial charge in [0, 0.05) is 44.8 Å². The number of benzene rings is 1. The highest BCUT2D eigenvalue weighted by atomic mass is 16.5. The van der Waals surface area contributed by atoms with E-state index in [4.69, 9.17) is 9.15 Å². The van der Waals surface area contributed by atoms with Crippen molar-refractivity contribution in [3.63, 3.8) is 0 Å². The minimum Gasteiger partial charge on any atom is -0.423 e. The molecule has 0 N–H and O–H groups in total. The second-order valence-electron chi connectivity index (χ2n) is 9.12. The zero-order valence-corrected chi connectivity index (χ0v) is 17.8. The third kappa shape index (κ3) is 4.07. The zero-order chi connectivity index (χ0) is 20.3. The average molecular weight is 412 g/mol. The number of anilines is 1. The monoisotopic (exact) mass is 411 g/mol. The summed E-state index contributed by atoms with van der Waals surface area (Å²) in [7, 11) is 0. The van der Waals surface area contributed by atoms with Gasteiger partial charge in [-0.1, -0.05) is 25.0 Å². The third-order valence-electron chi connectivity index (χ3n) is 7.29. The van der Waals surface area contributed by atoms with Crippen LogP contribution in [0, 0.1) is 11.8 Å². The van der Waals surface area contributed by atoms with Crippen molar-refractivity contribution in [2.75, 3.05) is 37.7 Å². The van der Waals surface area contributed by atoms with Gasteiger partial charge in [-0.15, -0.1) is 0 Å². The second-order valence-corrected chi connectivity index (χ2v) is 9.12. The Bertz CT molecular complexity index is 819. The number of piperidine rings is 1. The minimum atomic E-state index is 0.166. The predicted octanol–water partition coefficient (Wildman–Crippen LogP) is 4.24. The van der Waals surface area contributed by atoms with E-state index in [2.05, 4.69) is 14.8 Å². The van der Waals surface area contributed by atoms with Gasteiger partial charge in [0.1, 0.15) is 5.52 Å². The van der Waals surface area contributed by atoms with Gasteiger partial charge in [0.05, 0.1) is 0 Å². The Morgan fingerprint density at radius 2 is 1.73 bits per heavy atom. The molecule has 0 spiro atoms. The van der Waals surface area contributed by atoms with Gasteiger partial charge in [0.25, 0.3) is 6.01 Å². The van der Waals surface area contributed by atoms with Crippen molar-refractivity contribution in [2.45, 2.75) is 57.4 Å². The largest absolute Gasteiger partial charge is 0.423 e. The van der Waals surface area contributed by atoms with E-state index in [0.29, 0.717) is 17.9 Å². The smallest absolute Gasteiger partial charge is 0.298 e. The lowest BCUT2D eigenvalue weighted by atomic mass is 9.85. The maximum absolute atomic E-state index is 13.4. The molecule has 30 heavy (non-hydrogen) atoms. The summed E-state index contributed by atoms with van der Waals surface area (Å²) in [5.41, 5.74) is 1.78. The molecule has 3 aliphatic heterocycles. The van der Waals surface area contributed by atoms with Crippen LogP contribution in [0.2, 0.25) is 0 Å². The van der Waals surface area contributed by atoms with Crippen molar-refractivity contribution in [1.82, 2.24) is 9.88 Å². The van der Waals surface area contributed by atoms with Crippen LogP contribution in [0.5, 0.6) is 0 Å². The molecule has 4 heterocycles. The predicted molar refractivity (Wildman–Crippen MR) is 116 cm³/mol. The van der Waals surface area contributed by atoms with E-state index in [1.807, 2.05) is 24.3 Å². The first kappa shape index (κ1) is 19.9. The van der Waals surface area contributed by atoms with E-state index in [1.54, 1.807) is 0 Å². The Balaban J connectivity index is 1.26. The molecular weight excluding hydrogens is 378 g/mol. The molecule has 6 heteroatoms. The summed E-state index contributed by atoms with van der Waals surface area (Å²) in [5, 5.41) is 0. The molecule has 3 aliphatic rings. The number of ether oxygens (including phenoxy) is 1. The quantitative estimate of drug-likeness (QED) is 0.756. The lowest BCUT2D eigenvalue weighted by molar-refractivity contribution is -0.142. The summed E-state index contributed by atoms with van der Waals surface area (Å²) in [6.07, 6.45) is 8.76. The van der Waals surface area contributed by atoms with Crippen molar-refractivity contribution in [2.24, 2.45) is 11.8 Å². The molecule has 3 fully saturated rings. The SMILES string of the molecule is O=C(C1CCOCC1)N1CCCCCC1C1CCN(c2nc3ccccc3o2)CC1. The fraction of sp³-hybridized carbons (Fsp3) is 0.667. The Labute approximate surface area is 178 Å². The molecular formula is C24H33N3O3. The van der Waals surface area contributed by atoms with Crippen LogP contribution in [0.25, 0.3) is 11.1 Å². The molecule has 5 rings (SSSR count). The number of fused-ring (bicyclic) bond motifs is 1. The molecule has 1 unspecified atom stereocenters. The zero-order valence-electron chi connectivity index (χ0n) is 17.8. The average Bonchev–Trinajstić information content (AvgIpc) is 3.09. The van der Waals surface area contributed by atoms with Gasteiger partial charge < -0.3 is 19.0 Å². The molecule has 1 amide bonds. The summed E-state index contributed by atoms with van der Waals surface area (Å²) in [4.78, 5) is 22.6. The molecule has 1 atom stereocenters. The molecule has 162 valence electrons. The number of aromatic nitrogens is 1. The highest BCUT2D eigenvalue weighted by Gasteiger charge is 2.37. The summed E-state index contributed by atoms with van der Waals surface area (Å²) in [5.74, 6) is 1.14. The van der Waals surface area contributed by atoms with Crippen LogP contribution in [-0.2, 0) is 9.53 Å². The topological polar surface area (TPSA) is 58.8 Å². The van der Waals surface area contributed by atoms with Crippen LogP contribution >= 0.6 is 0 Å². The number of nitrogens with zero attached hydrogens (tertiary/aromatic N) is 3. The van der Waals surface area contributed by atoms with Crippen LogP contribution in [0.3, 0.4) is 0 Å². The van der Waals surface area contributed by atoms with Crippen molar-refractivity contribution < 1.29 is 13.9 Å². The second kappa shape index (κ2) is 8.96. The first-order chi connectivity index (χ1) is 14.8. The molecule has 0 saturated carbocycles. The van der Waals surface area contributed by atoms with Crippen molar-refractivity contribution in [3.8, 4) is 0 Å². The Morgan fingerprint density at radius 1 is 0.933 bits per heavy atom. The van der Waals surface area contributed by atoms with Gasteiger partial charge in [-0.25, -0.2) is 0 Å². The van der Waals surface area contributed by atoms with E-state index in [0.717, 1.165) is 88.5 Å². The lowest BCUT2D eigenvalue weighted by Gasteiger charge is -2.41. The number of carbonyl (C=O) groups is 1. The third-order valence-corrected chi connectivity index (χ3v) is 7.29. The molecule has 1 aromatic heterocycles. The number of oxazole rings is 1. The van der Waals surface area contributed by atoms with Gasteiger partial charge in [0.2, 0.25) is 5.91 Å². The van der Waals surface area contributed by atoms with E-state index >= 15 is 0 Å². The molecule has 6 nitrogen and oxygen atoms in total. The highest BCUT2D eigenvalue weighted by molar-refractivity contribution is 5.79. The normalized spacial score (nSPS) is 24.9. The van der Waals surface area contributed by atoms with Gasteiger partial charge in [-0.3, -0.25) is 4.79 Å². The number of carbonyl (C=O) groups excluding carboxylic acids is 1. The number of rotatable bonds is 3. The molecule has 1 aromatic carbocycles. The van der Waals surface area contributed by atoms with Gasteiger partial charge in [-0.05, 0) is 56.6 Å². The molecule has 0 radical (unpaired) electrons. The summed E-state index contributed by atoms with van der Waals surface area (Å²) < 4.78 is 11.5. The van der Waals surface area contributed by atoms with Gasteiger partial charge >= 0.3 is 0 Å². The summed E-state index contributed by atoms with van der Waals surface area (Å²) in [6.45, 7) is 4.31. The van der Waals surface area contributed by atoms with E-state index in [-0.39, 0.29) is 5.92 Å². The minimum absolute atomic E-state index is 0.166. The lowest BCUT2D eigenvalue weighted by Crippen LogP contribution is -2.50. The first-order valence-corrected chi connectivity index (χ1v) is 11.8. The highest BCUT2D eigenvalue weighted by Crippen LogP contribution is 2.34. The Kier molecular flexibility index (Phi) is 5.93. The number of hydrogen-bond donors (Lipinski definition) is 0. The van der Waals surface area contributed by atoms with Gasteiger partial charge in [0.15, 0.2) is 5.58 Å². The van der Waals surface area contributed by atoms with Crippen molar-refractivity contribution in [1.29, 1.82) is 0 Å². The maximum atomic E-state index is 13.4. The van der Waals surface area contributed by atoms with Crippen molar-refractivity contribution >= 4 is 23.0 Å². The maximum Gasteiger partial charge on any atom is 0.298 e. The summed E-state index contributed by atoms with van der Waals surface area (Å²) in [6, 6.07) is 9.10. The number of para-hydroxylation sites is 2. The summed E-state index contributed by atoms with van der Waals surface area (Å²) >= 11 is 0. The molecule has 0 bridgehead atoms.